The van der Waals surface area contributed by atoms with Gasteiger partial charge in [0.15, 0.2) is 0 Å². The van der Waals surface area contributed by atoms with E-state index in [0.717, 1.165) is 11.3 Å². The lowest BCUT2D eigenvalue weighted by Crippen LogP contribution is -2.14. The SMILES string of the molecule is Cc1cnccc1NC(=O)c1cccc(Br)n1. The molecule has 86 valence electrons. The highest BCUT2D eigenvalue weighted by atomic mass is 79.9. The molecule has 0 unspecified atom stereocenters. The maximum absolute atomic E-state index is 11.9. The van der Waals surface area contributed by atoms with Crippen LogP contribution >= 0.6 is 15.9 Å². The van der Waals surface area contributed by atoms with Crippen molar-refractivity contribution in [2.24, 2.45) is 0 Å². The molecule has 0 aliphatic heterocycles. The van der Waals surface area contributed by atoms with Crippen LogP contribution < -0.4 is 5.32 Å². The molecule has 0 bridgehead atoms. The summed E-state index contributed by atoms with van der Waals surface area (Å²) in [5.41, 5.74) is 2.03. The van der Waals surface area contributed by atoms with Gasteiger partial charge in [-0.2, -0.15) is 0 Å². The van der Waals surface area contributed by atoms with Gasteiger partial charge >= 0.3 is 0 Å². The number of carbonyl (C=O) groups is 1. The van der Waals surface area contributed by atoms with E-state index in [1.165, 1.54) is 0 Å². The Hall–Kier alpha value is -1.75. The van der Waals surface area contributed by atoms with E-state index < -0.39 is 0 Å². The van der Waals surface area contributed by atoms with E-state index >= 15 is 0 Å². The highest BCUT2D eigenvalue weighted by Gasteiger charge is 2.08. The number of anilines is 1. The number of pyridine rings is 2. The van der Waals surface area contributed by atoms with Gasteiger partial charge in [0, 0.05) is 18.1 Å². The Morgan fingerprint density at radius 2 is 2.18 bits per heavy atom. The monoisotopic (exact) mass is 291 g/mol. The number of amides is 1. The topological polar surface area (TPSA) is 54.9 Å². The predicted molar refractivity (Wildman–Crippen MR) is 68.9 cm³/mol. The number of aryl methyl sites for hydroxylation is 1. The van der Waals surface area contributed by atoms with Crippen LogP contribution in [0, 0.1) is 6.92 Å². The van der Waals surface area contributed by atoms with Crippen LogP contribution in [0.3, 0.4) is 0 Å². The minimum absolute atomic E-state index is 0.236. The van der Waals surface area contributed by atoms with Crippen LogP contribution in [0.4, 0.5) is 5.69 Å². The molecule has 0 atom stereocenters. The number of carbonyl (C=O) groups excluding carboxylic acids is 1. The summed E-state index contributed by atoms with van der Waals surface area (Å²) in [6.45, 7) is 1.89. The molecular weight excluding hydrogens is 282 g/mol. The lowest BCUT2D eigenvalue weighted by Gasteiger charge is -2.07. The second-order valence-electron chi connectivity index (χ2n) is 3.49. The minimum atomic E-state index is -0.236. The molecule has 0 aliphatic carbocycles. The van der Waals surface area contributed by atoms with Crippen LogP contribution in [-0.2, 0) is 0 Å². The smallest absolute Gasteiger partial charge is 0.274 e. The Morgan fingerprint density at radius 3 is 2.88 bits per heavy atom. The molecule has 2 aromatic rings. The summed E-state index contributed by atoms with van der Waals surface area (Å²) in [5, 5.41) is 2.79. The summed E-state index contributed by atoms with van der Waals surface area (Å²) in [6, 6.07) is 6.96. The van der Waals surface area contributed by atoms with E-state index in [4.69, 9.17) is 0 Å². The third-order valence-corrected chi connectivity index (χ3v) is 2.66. The molecule has 0 aliphatic rings. The standard InChI is InChI=1S/C12H10BrN3O/c1-8-7-14-6-5-9(8)16-12(17)10-3-2-4-11(13)15-10/h2-7H,1H3,(H,14,16,17). The molecular formula is C12H10BrN3O. The van der Waals surface area contributed by atoms with Crippen LogP contribution in [-0.4, -0.2) is 15.9 Å². The summed E-state index contributed by atoms with van der Waals surface area (Å²) in [6.07, 6.45) is 3.33. The number of nitrogens with one attached hydrogen (secondary N) is 1. The fraction of sp³-hybridized carbons (Fsp3) is 0.0833. The normalized spacial score (nSPS) is 10.0. The Bertz CT molecular complexity index is 557. The van der Waals surface area contributed by atoms with E-state index in [1.54, 1.807) is 36.7 Å². The molecule has 1 N–H and O–H groups in total. The largest absolute Gasteiger partial charge is 0.320 e. The van der Waals surface area contributed by atoms with Gasteiger partial charge in [0.1, 0.15) is 10.3 Å². The number of rotatable bonds is 2. The summed E-state index contributed by atoms with van der Waals surface area (Å²) in [7, 11) is 0. The lowest BCUT2D eigenvalue weighted by atomic mass is 10.2. The Morgan fingerprint density at radius 1 is 1.35 bits per heavy atom. The number of hydrogen-bond acceptors (Lipinski definition) is 3. The fourth-order valence-corrected chi connectivity index (χ4v) is 1.68. The fourth-order valence-electron chi connectivity index (χ4n) is 1.33. The van der Waals surface area contributed by atoms with E-state index in [0.29, 0.717) is 10.3 Å². The van der Waals surface area contributed by atoms with Gasteiger partial charge in [-0.05, 0) is 46.6 Å². The van der Waals surface area contributed by atoms with Gasteiger partial charge in [0.25, 0.3) is 5.91 Å². The zero-order valence-electron chi connectivity index (χ0n) is 9.14. The third kappa shape index (κ3) is 2.88. The van der Waals surface area contributed by atoms with Crippen molar-refractivity contribution in [1.29, 1.82) is 0 Å². The van der Waals surface area contributed by atoms with Gasteiger partial charge in [-0.1, -0.05) is 6.07 Å². The lowest BCUT2D eigenvalue weighted by molar-refractivity contribution is 0.102. The van der Waals surface area contributed by atoms with Crippen LogP contribution in [0.15, 0.2) is 41.3 Å². The van der Waals surface area contributed by atoms with Crippen LogP contribution in [0.5, 0.6) is 0 Å². The van der Waals surface area contributed by atoms with Gasteiger partial charge in [-0.3, -0.25) is 9.78 Å². The average molecular weight is 292 g/mol. The zero-order valence-corrected chi connectivity index (χ0v) is 10.7. The Kier molecular flexibility index (Phi) is 3.49. The first-order valence-corrected chi connectivity index (χ1v) is 5.80. The minimum Gasteiger partial charge on any atom is -0.320 e. The number of aromatic nitrogens is 2. The molecule has 0 fully saturated rings. The molecule has 17 heavy (non-hydrogen) atoms. The molecule has 0 saturated carbocycles. The van der Waals surface area contributed by atoms with Gasteiger partial charge < -0.3 is 5.32 Å². The van der Waals surface area contributed by atoms with Crippen molar-refractivity contribution in [2.45, 2.75) is 6.92 Å². The van der Waals surface area contributed by atoms with Crippen LogP contribution in [0.25, 0.3) is 0 Å². The van der Waals surface area contributed by atoms with Crippen LogP contribution in [0.1, 0.15) is 16.1 Å². The molecule has 2 aromatic heterocycles. The summed E-state index contributed by atoms with van der Waals surface area (Å²) in [4.78, 5) is 20.0. The first-order chi connectivity index (χ1) is 8.16. The van der Waals surface area contributed by atoms with Crippen molar-refractivity contribution in [2.75, 3.05) is 5.32 Å². The van der Waals surface area contributed by atoms with Gasteiger partial charge in [-0.15, -0.1) is 0 Å². The molecule has 5 heteroatoms. The van der Waals surface area contributed by atoms with Gasteiger partial charge in [0.2, 0.25) is 0 Å². The van der Waals surface area contributed by atoms with Crippen molar-refractivity contribution in [3.63, 3.8) is 0 Å². The summed E-state index contributed by atoms with van der Waals surface area (Å²) in [5.74, 6) is -0.236. The number of hydrogen-bond donors (Lipinski definition) is 1. The van der Waals surface area contributed by atoms with E-state index in [2.05, 4.69) is 31.2 Å². The van der Waals surface area contributed by atoms with Crippen molar-refractivity contribution in [3.8, 4) is 0 Å². The first kappa shape index (κ1) is 11.7. The second kappa shape index (κ2) is 5.05. The maximum atomic E-state index is 11.9. The first-order valence-electron chi connectivity index (χ1n) is 5.01. The number of nitrogens with zero attached hydrogens (tertiary/aromatic N) is 2. The highest BCUT2D eigenvalue weighted by Crippen LogP contribution is 2.13. The number of halogens is 1. The molecule has 2 heterocycles. The predicted octanol–water partition coefficient (Wildman–Crippen LogP) is 2.80. The van der Waals surface area contributed by atoms with E-state index in [1.807, 2.05) is 6.92 Å². The van der Waals surface area contributed by atoms with Gasteiger partial charge in [-0.25, -0.2) is 4.98 Å². The highest BCUT2D eigenvalue weighted by molar-refractivity contribution is 9.10. The summed E-state index contributed by atoms with van der Waals surface area (Å²) < 4.78 is 0.636. The molecule has 4 nitrogen and oxygen atoms in total. The van der Waals surface area contributed by atoms with Crippen molar-refractivity contribution >= 4 is 27.5 Å². The van der Waals surface area contributed by atoms with Crippen molar-refractivity contribution in [1.82, 2.24) is 9.97 Å². The molecule has 2 rings (SSSR count). The van der Waals surface area contributed by atoms with E-state index in [-0.39, 0.29) is 5.91 Å². The van der Waals surface area contributed by atoms with E-state index in [9.17, 15) is 4.79 Å². The molecule has 1 amide bonds. The molecule has 0 saturated heterocycles. The van der Waals surface area contributed by atoms with Crippen molar-refractivity contribution in [3.05, 3.63) is 52.5 Å². The Labute approximate surface area is 107 Å². The zero-order chi connectivity index (χ0) is 12.3. The van der Waals surface area contributed by atoms with Crippen molar-refractivity contribution < 1.29 is 4.79 Å². The quantitative estimate of drug-likeness (QED) is 0.866. The molecule has 0 aromatic carbocycles. The van der Waals surface area contributed by atoms with Gasteiger partial charge in [0.05, 0.1) is 0 Å². The third-order valence-electron chi connectivity index (χ3n) is 2.22. The molecule has 0 spiro atoms. The summed E-state index contributed by atoms with van der Waals surface area (Å²) >= 11 is 3.23. The Balaban J connectivity index is 2.20. The second-order valence-corrected chi connectivity index (χ2v) is 4.30. The maximum Gasteiger partial charge on any atom is 0.274 e. The average Bonchev–Trinajstić information content (AvgIpc) is 2.32. The van der Waals surface area contributed by atoms with Crippen LogP contribution in [0.2, 0.25) is 0 Å². The molecule has 0 radical (unpaired) electrons.